The van der Waals surface area contributed by atoms with Crippen molar-refractivity contribution >= 4 is 11.8 Å². The smallest absolute Gasteiger partial charge is 0.0542 e. The molecule has 0 saturated heterocycles. The molecule has 1 aromatic rings. The van der Waals surface area contributed by atoms with E-state index in [1.54, 1.807) is 0 Å². The number of hydrogen-bond donors (Lipinski definition) is 1. The summed E-state index contributed by atoms with van der Waals surface area (Å²) in [5.41, 5.74) is 7.96. The minimum Gasteiger partial charge on any atom is -0.325 e. The van der Waals surface area contributed by atoms with Crippen molar-refractivity contribution in [1.82, 2.24) is 4.98 Å². The maximum Gasteiger partial charge on any atom is 0.0542 e. The van der Waals surface area contributed by atoms with Gasteiger partial charge in [-0.25, -0.2) is 0 Å². The molecule has 1 aliphatic rings. The lowest BCUT2D eigenvalue weighted by Gasteiger charge is -2.20. The molecular weight excluding hydrogens is 216 g/mol. The average molecular weight is 236 g/mol. The quantitative estimate of drug-likeness (QED) is 0.873. The summed E-state index contributed by atoms with van der Waals surface area (Å²) in [5.74, 6) is 1.11. The first kappa shape index (κ1) is 11.9. The maximum absolute atomic E-state index is 5.59. The zero-order chi connectivity index (χ0) is 11.2. The summed E-state index contributed by atoms with van der Waals surface area (Å²) in [4.78, 5) is 4.22. The van der Waals surface area contributed by atoms with Gasteiger partial charge in [-0.1, -0.05) is 19.3 Å². The highest BCUT2D eigenvalue weighted by Gasteiger charge is 2.13. The second kappa shape index (κ2) is 6.26. The standard InChI is InChI=1S/C13H20N2S/c14-9-12-8-11(6-7-15-12)10-16-13-4-2-1-3-5-13/h6-8,13H,1-5,9-10,14H2. The van der Waals surface area contributed by atoms with Crippen molar-refractivity contribution in [2.45, 2.75) is 49.7 Å². The summed E-state index contributed by atoms with van der Waals surface area (Å²) in [6.45, 7) is 0.544. The van der Waals surface area contributed by atoms with E-state index in [1.807, 2.05) is 6.20 Å². The predicted octanol–water partition coefficient (Wildman–Crippen LogP) is 3.11. The molecule has 0 aromatic carbocycles. The Morgan fingerprint density at radius 3 is 2.88 bits per heavy atom. The van der Waals surface area contributed by atoms with Crippen LogP contribution in [-0.2, 0) is 12.3 Å². The van der Waals surface area contributed by atoms with Crippen LogP contribution in [0.4, 0.5) is 0 Å². The van der Waals surface area contributed by atoms with E-state index in [0.717, 1.165) is 16.7 Å². The van der Waals surface area contributed by atoms with Crippen molar-refractivity contribution in [2.75, 3.05) is 0 Å². The molecule has 2 N–H and O–H groups in total. The van der Waals surface area contributed by atoms with E-state index in [4.69, 9.17) is 5.73 Å². The molecule has 1 aliphatic carbocycles. The van der Waals surface area contributed by atoms with Crippen molar-refractivity contribution in [1.29, 1.82) is 0 Å². The fourth-order valence-corrected chi connectivity index (χ4v) is 3.45. The van der Waals surface area contributed by atoms with Crippen molar-refractivity contribution in [2.24, 2.45) is 5.73 Å². The van der Waals surface area contributed by atoms with Crippen LogP contribution in [0.3, 0.4) is 0 Å². The Morgan fingerprint density at radius 1 is 1.31 bits per heavy atom. The van der Waals surface area contributed by atoms with Crippen LogP contribution in [0.5, 0.6) is 0 Å². The van der Waals surface area contributed by atoms with Crippen LogP contribution in [0, 0.1) is 0 Å². The second-order valence-electron chi connectivity index (χ2n) is 4.43. The second-order valence-corrected chi connectivity index (χ2v) is 5.72. The molecule has 2 nitrogen and oxygen atoms in total. The van der Waals surface area contributed by atoms with Crippen molar-refractivity contribution in [3.63, 3.8) is 0 Å². The molecule has 0 atom stereocenters. The molecule has 2 rings (SSSR count). The molecule has 0 amide bonds. The maximum atomic E-state index is 5.59. The third kappa shape index (κ3) is 3.49. The summed E-state index contributed by atoms with van der Waals surface area (Å²) in [6.07, 6.45) is 8.95. The van der Waals surface area contributed by atoms with Gasteiger partial charge in [0.05, 0.1) is 5.69 Å². The third-order valence-electron chi connectivity index (χ3n) is 3.13. The molecule has 0 spiro atoms. The van der Waals surface area contributed by atoms with Crippen molar-refractivity contribution in [3.8, 4) is 0 Å². The van der Waals surface area contributed by atoms with E-state index in [0.29, 0.717) is 6.54 Å². The summed E-state index contributed by atoms with van der Waals surface area (Å²) < 4.78 is 0. The molecule has 0 bridgehead atoms. The van der Waals surface area contributed by atoms with E-state index in [-0.39, 0.29) is 0 Å². The Kier molecular flexibility index (Phi) is 4.67. The summed E-state index contributed by atoms with van der Waals surface area (Å²) in [5, 5.41) is 0.878. The van der Waals surface area contributed by atoms with Crippen LogP contribution < -0.4 is 5.73 Å². The topological polar surface area (TPSA) is 38.9 Å². The minimum atomic E-state index is 0.544. The molecule has 1 heterocycles. The highest BCUT2D eigenvalue weighted by Crippen LogP contribution is 2.30. The Morgan fingerprint density at radius 2 is 2.12 bits per heavy atom. The van der Waals surface area contributed by atoms with Gasteiger partial charge in [0.2, 0.25) is 0 Å². The van der Waals surface area contributed by atoms with Gasteiger partial charge in [0.1, 0.15) is 0 Å². The number of thioether (sulfide) groups is 1. The lowest BCUT2D eigenvalue weighted by atomic mass is 10.0. The molecule has 3 heteroatoms. The normalized spacial score (nSPS) is 17.6. The van der Waals surface area contributed by atoms with Gasteiger partial charge in [0.15, 0.2) is 0 Å². The monoisotopic (exact) mass is 236 g/mol. The van der Waals surface area contributed by atoms with Crippen LogP contribution in [0.15, 0.2) is 18.3 Å². The van der Waals surface area contributed by atoms with E-state index in [2.05, 4.69) is 28.9 Å². The number of pyridine rings is 1. The lowest BCUT2D eigenvalue weighted by molar-refractivity contribution is 0.516. The molecule has 1 fully saturated rings. The first-order valence-electron chi connectivity index (χ1n) is 6.14. The zero-order valence-electron chi connectivity index (χ0n) is 9.69. The average Bonchev–Trinajstić information content (AvgIpc) is 2.38. The van der Waals surface area contributed by atoms with Crippen LogP contribution >= 0.6 is 11.8 Å². The van der Waals surface area contributed by atoms with E-state index >= 15 is 0 Å². The first-order chi connectivity index (χ1) is 7.88. The Balaban J connectivity index is 1.83. The van der Waals surface area contributed by atoms with Gasteiger partial charge in [0, 0.05) is 23.7 Å². The van der Waals surface area contributed by atoms with Gasteiger partial charge in [-0.2, -0.15) is 11.8 Å². The van der Waals surface area contributed by atoms with Crippen LogP contribution in [0.2, 0.25) is 0 Å². The number of hydrogen-bond acceptors (Lipinski definition) is 3. The number of aromatic nitrogens is 1. The Bertz CT molecular complexity index is 321. The van der Waals surface area contributed by atoms with E-state index in [1.165, 1.54) is 37.7 Å². The molecule has 88 valence electrons. The highest BCUT2D eigenvalue weighted by molar-refractivity contribution is 7.99. The fourth-order valence-electron chi connectivity index (χ4n) is 2.18. The van der Waals surface area contributed by atoms with Gasteiger partial charge >= 0.3 is 0 Å². The van der Waals surface area contributed by atoms with Crippen LogP contribution in [0.1, 0.15) is 43.4 Å². The predicted molar refractivity (Wildman–Crippen MR) is 70.3 cm³/mol. The molecular formula is C13H20N2S. The number of nitrogens with two attached hydrogens (primary N) is 1. The number of rotatable bonds is 4. The minimum absolute atomic E-state index is 0.544. The highest BCUT2D eigenvalue weighted by atomic mass is 32.2. The molecule has 16 heavy (non-hydrogen) atoms. The van der Waals surface area contributed by atoms with Crippen molar-refractivity contribution in [3.05, 3.63) is 29.6 Å². The van der Waals surface area contributed by atoms with Gasteiger partial charge < -0.3 is 5.73 Å². The molecule has 0 radical (unpaired) electrons. The molecule has 1 aromatic heterocycles. The SMILES string of the molecule is NCc1cc(CSC2CCCCC2)ccn1. The molecule has 0 unspecified atom stereocenters. The lowest BCUT2D eigenvalue weighted by Crippen LogP contribution is -2.08. The van der Waals surface area contributed by atoms with Crippen molar-refractivity contribution < 1.29 is 0 Å². The summed E-state index contributed by atoms with van der Waals surface area (Å²) in [6, 6.07) is 4.24. The largest absolute Gasteiger partial charge is 0.325 e. The van der Waals surface area contributed by atoms with E-state index in [9.17, 15) is 0 Å². The third-order valence-corrected chi connectivity index (χ3v) is 4.57. The van der Waals surface area contributed by atoms with Crippen LogP contribution in [0.25, 0.3) is 0 Å². The van der Waals surface area contributed by atoms with Gasteiger partial charge in [0.25, 0.3) is 0 Å². The summed E-state index contributed by atoms with van der Waals surface area (Å²) in [7, 11) is 0. The zero-order valence-corrected chi connectivity index (χ0v) is 10.5. The Labute approximate surface area is 102 Å². The van der Waals surface area contributed by atoms with Crippen LogP contribution in [-0.4, -0.2) is 10.2 Å². The summed E-state index contributed by atoms with van der Waals surface area (Å²) >= 11 is 2.10. The van der Waals surface area contributed by atoms with Gasteiger partial charge in [-0.15, -0.1) is 0 Å². The first-order valence-corrected chi connectivity index (χ1v) is 7.19. The van der Waals surface area contributed by atoms with Gasteiger partial charge in [-0.05, 0) is 30.5 Å². The molecule has 1 saturated carbocycles. The number of nitrogens with zero attached hydrogens (tertiary/aromatic N) is 1. The fraction of sp³-hybridized carbons (Fsp3) is 0.615. The van der Waals surface area contributed by atoms with Gasteiger partial charge in [-0.3, -0.25) is 4.98 Å². The van der Waals surface area contributed by atoms with E-state index < -0.39 is 0 Å². The Hall–Kier alpha value is -0.540. The molecule has 0 aliphatic heterocycles.